The number of hydrogen-bond acceptors (Lipinski definition) is 3. The van der Waals surface area contributed by atoms with Crippen LogP contribution in [0.25, 0.3) is 0 Å². The van der Waals surface area contributed by atoms with Crippen LogP contribution in [-0.2, 0) is 17.8 Å². The number of nitrogens with one attached hydrogen (secondary N) is 1. The molecule has 6 heteroatoms. The van der Waals surface area contributed by atoms with Crippen molar-refractivity contribution in [2.45, 2.75) is 32.9 Å². The van der Waals surface area contributed by atoms with Crippen molar-refractivity contribution in [3.63, 3.8) is 0 Å². The van der Waals surface area contributed by atoms with Crippen LogP contribution in [0.15, 0.2) is 39.7 Å². The molecule has 0 spiro atoms. The maximum absolute atomic E-state index is 12.0. The highest BCUT2D eigenvalue weighted by atomic mass is 79.9. The molecule has 1 N–H and O–H groups in total. The summed E-state index contributed by atoms with van der Waals surface area (Å²) >= 11 is 5.03. The Kier molecular flexibility index (Phi) is 5.36. The average Bonchev–Trinajstić information content (AvgIpc) is 2.79. The van der Waals surface area contributed by atoms with Crippen LogP contribution in [0, 0.1) is 6.92 Å². The highest BCUT2D eigenvalue weighted by molar-refractivity contribution is 9.10. The normalized spacial score (nSPS) is 12.1. The van der Waals surface area contributed by atoms with Gasteiger partial charge in [-0.2, -0.15) is 0 Å². The van der Waals surface area contributed by atoms with Crippen LogP contribution in [0.2, 0.25) is 0 Å². The second-order valence-corrected chi connectivity index (χ2v) is 7.29. The number of carbonyl (C=O) groups excluding carboxylic acids is 1. The van der Waals surface area contributed by atoms with Crippen LogP contribution >= 0.6 is 27.3 Å². The summed E-state index contributed by atoms with van der Waals surface area (Å²) in [5.41, 5.74) is -0.185. The van der Waals surface area contributed by atoms with Crippen molar-refractivity contribution in [1.82, 2.24) is 9.88 Å². The molecule has 0 radical (unpaired) electrons. The SMILES string of the molecule is Cc1ccc(CC(C)NC(=O)Cn2cc(Br)ccc2=O)s1. The summed E-state index contributed by atoms with van der Waals surface area (Å²) in [6.07, 6.45) is 2.42. The number of thiophene rings is 1. The first-order chi connectivity index (χ1) is 9.94. The summed E-state index contributed by atoms with van der Waals surface area (Å²) in [4.78, 5) is 26.2. The Morgan fingerprint density at radius 1 is 1.38 bits per heavy atom. The van der Waals surface area contributed by atoms with Gasteiger partial charge >= 0.3 is 0 Å². The second-order valence-electron chi connectivity index (χ2n) is 5.00. The quantitative estimate of drug-likeness (QED) is 0.881. The summed E-state index contributed by atoms with van der Waals surface area (Å²) in [7, 11) is 0. The van der Waals surface area contributed by atoms with E-state index in [9.17, 15) is 9.59 Å². The lowest BCUT2D eigenvalue weighted by Crippen LogP contribution is -2.38. The number of nitrogens with zero attached hydrogens (tertiary/aromatic N) is 1. The van der Waals surface area contributed by atoms with Gasteiger partial charge in [-0.1, -0.05) is 0 Å². The van der Waals surface area contributed by atoms with Crippen molar-refractivity contribution in [3.05, 3.63) is 55.0 Å². The molecule has 2 rings (SSSR count). The van der Waals surface area contributed by atoms with Gasteiger partial charge in [0.05, 0.1) is 0 Å². The fraction of sp³-hybridized carbons (Fsp3) is 0.333. The smallest absolute Gasteiger partial charge is 0.251 e. The van der Waals surface area contributed by atoms with Crippen molar-refractivity contribution < 1.29 is 4.79 Å². The Morgan fingerprint density at radius 2 is 2.14 bits per heavy atom. The van der Waals surface area contributed by atoms with E-state index in [0.717, 1.165) is 10.9 Å². The third-order valence-corrected chi connectivity index (χ3v) is 4.46. The van der Waals surface area contributed by atoms with Gasteiger partial charge in [0, 0.05) is 39.0 Å². The Hall–Kier alpha value is -1.40. The van der Waals surface area contributed by atoms with Crippen molar-refractivity contribution in [3.8, 4) is 0 Å². The first-order valence-electron chi connectivity index (χ1n) is 6.64. The van der Waals surface area contributed by atoms with E-state index in [4.69, 9.17) is 0 Å². The van der Waals surface area contributed by atoms with Gasteiger partial charge in [-0.25, -0.2) is 0 Å². The van der Waals surface area contributed by atoms with Crippen molar-refractivity contribution >= 4 is 33.2 Å². The minimum atomic E-state index is -0.185. The Bertz CT molecular complexity index is 693. The maximum atomic E-state index is 12.0. The minimum absolute atomic E-state index is 0.0338. The van der Waals surface area contributed by atoms with E-state index >= 15 is 0 Å². The van der Waals surface area contributed by atoms with Gasteiger partial charge < -0.3 is 9.88 Å². The van der Waals surface area contributed by atoms with E-state index in [-0.39, 0.29) is 24.1 Å². The molecule has 4 nitrogen and oxygen atoms in total. The van der Waals surface area contributed by atoms with E-state index < -0.39 is 0 Å². The number of hydrogen-bond donors (Lipinski definition) is 1. The molecule has 2 heterocycles. The van der Waals surface area contributed by atoms with Gasteiger partial charge in [0.2, 0.25) is 5.91 Å². The molecule has 2 aromatic rings. The van der Waals surface area contributed by atoms with E-state index in [0.29, 0.717) is 0 Å². The number of halogens is 1. The molecule has 1 atom stereocenters. The van der Waals surface area contributed by atoms with E-state index in [1.807, 2.05) is 6.92 Å². The molecule has 0 aromatic carbocycles. The maximum Gasteiger partial charge on any atom is 0.251 e. The topological polar surface area (TPSA) is 51.1 Å². The van der Waals surface area contributed by atoms with Crippen LogP contribution in [0.1, 0.15) is 16.7 Å². The van der Waals surface area contributed by atoms with Crippen molar-refractivity contribution in [2.24, 2.45) is 0 Å². The highest BCUT2D eigenvalue weighted by Crippen LogP contribution is 2.16. The first-order valence-corrected chi connectivity index (χ1v) is 8.25. The molecule has 21 heavy (non-hydrogen) atoms. The second kappa shape index (κ2) is 7.04. The summed E-state index contributed by atoms with van der Waals surface area (Å²) in [6, 6.07) is 7.31. The largest absolute Gasteiger partial charge is 0.352 e. The molecule has 0 aliphatic carbocycles. The fourth-order valence-corrected chi connectivity index (χ4v) is 3.45. The minimum Gasteiger partial charge on any atom is -0.352 e. The number of pyridine rings is 1. The molecule has 0 aliphatic heterocycles. The van der Waals surface area contributed by atoms with Crippen LogP contribution in [-0.4, -0.2) is 16.5 Å². The van der Waals surface area contributed by atoms with E-state index in [1.165, 1.54) is 20.4 Å². The molecule has 0 bridgehead atoms. The van der Waals surface area contributed by atoms with Gasteiger partial charge in [-0.15, -0.1) is 11.3 Å². The molecule has 1 amide bonds. The lowest BCUT2D eigenvalue weighted by Gasteiger charge is -2.13. The number of aromatic nitrogens is 1. The Labute approximate surface area is 135 Å². The Balaban J connectivity index is 1.92. The molecule has 0 saturated carbocycles. The molecule has 1 unspecified atom stereocenters. The van der Waals surface area contributed by atoms with Crippen LogP contribution in [0.4, 0.5) is 0 Å². The monoisotopic (exact) mass is 368 g/mol. The Morgan fingerprint density at radius 3 is 2.81 bits per heavy atom. The molecular weight excluding hydrogens is 352 g/mol. The van der Waals surface area contributed by atoms with Crippen molar-refractivity contribution in [2.75, 3.05) is 0 Å². The van der Waals surface area contributed by atoms with Gasteiger partial charge in [-0.05, 0) is 48.0 Å². The van der Waals surface area contributed by atoms with Gasteiger partial charge in [0.15, 0.2) is 0 Å². The molecule has 0 fully saturated rings. The predicted octanol–water partition coefficient (Wildman–Crippen LogP) is 2.73. The van der Waals surface area contributed by atoms with Crippen LogP contribution in [0.3, 0.4) is 0 Å². The van der Waals surface area contributed by atoms with Crippen LogP contribution in [0.5, 0.6) is 0 Å². The van der Waals surface area contributed by atoms with E-state index in [1.54, 1.807) is 23.6 Å². The first kappa shape index (κ1) is 16.0. The molecule has 0 saturated heterocycles. The summed E-state index contributed by atoms with van der Waals surface area (Å²) in [5.74, 6) is -0.157. The van der Waals surface area contributed by atoms with Crippen molar-refractivity contribution in [1.29, 1.82) is 0 Å². The molecule has 2 aromatic heterocycles. The summed E-state index contributed by atoms with van der Waals surface area (Å²) < 4.78 is 2.17. The molecule has 0 aliphatic rings. The zero-order chi connectivity index (χ0) is 15.4. The fourth-order valence-electron chi connectivity index (χ4n) is 2.05. The highest BCUT2D eigenvalue weighted by Gasteiger charge is 2.10. The number of carbonyl (C=O) groups is 1. The third-order valence-electron chi connectivity index (χ3n) is 2.97. The zero-order valence-corrected chi connectivity index (χ0v) is 14.3. The van der Waals surface area contributed by atoms with E-state index in [2.05, 4.69) is 40.3 Å². The molecular formula is C15H17BrN2O2S. The van der Waals surface area contributed by atoms with Gasteiger partial charge in [0.25, 0.3) is 5.56 Å². The summed E-state index contributed by atoms with van der Waals surface area (Å²) in [5, 5.41) is 2.93. The summed E-state index contributed by atoms with van der Waals surface area (Å²) in [6.45, 7) is 4.07. The third kappa shape index (κ3) is 4.82. The van der Waals surface area contributed by atoms with Crippen LogP contribution < -0.4 is 10.9 Å². The number of aryl methyl sites for hydroxylation is 1. The van der Waals surface area contributed by atoms with Gasteiger partial charge in [-0.3, -0.25) is 9.59 Å². The average molecular weight is 369 g/mol. The molecule has 112 valence electrons. The lowest BCUT2D eigenvalue weighted by molar-refractivity contribution is -0.122. The predicted molar refractivity (Wildman–Crippen MR) is 88.8 cm³/mol. The standard InChI is InChI=1S/C15H17BrN2O2S/c1-10(7-13-5-3-11(2)21-13)17-14(19)9-18-8-12(16)4-6-15(18)20/h3-6,8,10H,7,9H2,1-2H3,(H,17,19). The number of amides is 1. The lowest BCUT2D eigenvalue weighted by atomic mass is 10.2. The number of rotatable bonds is 5. The zero-order valence-electron chi connectivity index (χ0n) is 11.9. The van der Waals surface area contributed by atoms with Gasteiger partial charge in [0.1, 0.15) is 6.54 Å².